The number of aromatic nitrogens is 3. The van der Waals surface area contributed by atoms with E-state index in [0.717, 1.165) is 15.9 Å². The zero-order valence-electron chi connectivity index (χ0n) is 11.6. The number of carbonyl (C=O) groups excluding carboxylic acids is 1. The number of rotatable bonds is 4. The van der Waals surface area contributed by atoms with Gasteiger partial charge < -0.3 is 9.30 Å². The van der Waals surface area contributed by atoms with Crippen molar-refractivity contribution >= 4 is 21.9 Å². The van der Waals surface area contributed by atoms with Crippen molar-refractivity contribution in [2.45, 2.75) is 19.8 Å². The smallest absolute Gasteiger partial charge is 0.321 e. The van der Waals surface area contributed by atoms with Crippen molar-refractivity contribution in [1.29, 1.82) is 0 Å². The summed E-state index contributed by atoms with van der Waals surface area (Å²) in [6.07, 6.45) is 0. The average Bonchev–Trinajstić information content (AvgIpc) is 2.74. The molecular weight excluding hydrogens is 322 g/mol. The lowest BCUT2D eigenvalue weighted by atomic mass is 9.98. The highest BCUT2D eigenvalue weighted by atomic mass is 79.9. The van der Waals surface area contributed by atoms with Crippen LogP contribution in [0.5, 0.6) is 0 Å². The number of ether oxygens (including phenoxy) is 1. The van der Waals surface area contributed by atoms with E-state index >= 15 is 0 Å². The minimum absolute atomic E-state index is 0.324. The van der Waals surface area contributed by atoms with Crippen molar-refractivity contribution in [3.63, 3.8) is 0 Å². The van der Waals surface area contributed by atoms with Crippen LogP contribution in [0.3, 0.4) is 0 Å². The molecule has 0 N–H and O–H groups in total. The molecule has 1 heterocycles. The van der Waals surface area contributed by atoms with Crippen LogP contribution in [0.1, 0.15) is 30.1 Å². The molecule has 0 amide bonds. The lowest BCUT2D eigenvalue weighted by Gasteiger charge is -2.16. The van der Waals surface area contributed by atoms with E-state index in [0.29, 0.717) is 12.4 Å². The second-order valence-corrected chi connectivity index (χ2v) is 5.23. The monoisotopic (exact) mass is 337 g/mol. The zero-order valence-corrected chi connectivity index (χ0v) is 13.2. The second-order valence-electron chi connectivity index (χ2n) is 4.37. The van der Waals surface area contributed by atoms with Crippen molar-refractivity contribution in [2.75, 3.05) is 6.61 Å². The number of esters is 1. The molecule has 5 nitrogen and oxygen atoms in total. The summed E-state index contributed by atoms with van der Waals surface area (Å²) in [7, 11) is 1.84. The maximum atomic E-state index is 12.3. The summed E-state index contributed by atoms with van der Waals surface area (Å²) in [4.78, 5) is 12.3. The van der Waals surface area contributed by atoms with E-state index in [1.807, 2.05) is 38.2 Å². The Morgan fingerprint density at radius 2 is 2.10 bits per heavy atom. The predicted molar refractivity (Wildman–Crippen MR) is 78.4 cm³/mol. The first-order valence-electron chi connectivity index (χ1n) is 6.33. The highest BCUT2D eigenvalue weighted by molar-refractivity contribution is 9.10. The van der Waals surface area contributed by atoms with Gasteiger partial charge in [-0.1, -0.05) is 34.1 Å². The fourth-order valence-corrected chi connectivity index (χ4v) is 2.49. The van der Waals surface area contributed by atoms with Gasteiger partial charge in [0.05, 0.1) is 6.61 Å². The van der Waals surface area contributed by atoms with Crippen molar-refractivity contribution in [1.82, 2.24) is 14.8 Å². The van der Waals surface area contributed by atoms with E-state index in [1.165, 1.54) is 0 Å². The van der Waals surface area contributed by atoms with E-state index < -0.39 is 5.92 Å². The van der Waals surface area contributed by atoms with E-state index in [9.17, 15) is 4.79 Å². The van der Waals surface area contributed by atoms with E-state index in [1.54, 1.807) is 11.5 Å². The first-order chi connectivity index (χ1) is 9.56. The fraction of sp³-hybridized carbons (Fsp3) is 0.357. The van der Waals surface area contributed by atoms with Crippen LogP contribution in [0.15, 0.2) is 28.7 Å². The maximum Gasteiger partial charge on any atom is 0.321 e. The third kappa shape index (κ3) is 2.75. The molecule has 0 aliphatic rings. The van der Waals surface area contributed by atoms with Gasteiger partial charge in [-0.3, -0.25) is 4.79 Å². The summed E-state index contributed by atoms with van der Waals surface area (Å²) in [5.74, 6) is 0.417. The van der Waals surface area contributed by atoms with Gasteiger partial charge in [-0.15, -0.1) is 10.2 Å². The predicted octanol–water partition coefficient (Wildman–Crippen LogP) is 2.58. The number of hydrogen-bond donors (Lipinski definition) is 0. The van der Waals surface area contributed by atoms with Gasteiger partial charge in [-0.05, 0) is 25.5 Å². The minimum atomic E-state index is -0.586. The molecular formula is C14H16BrN3O2. The van der Waals surface area contributed by atoms with Gasteiger partial charge in [-0.2, -0.15) is 0 Å². The molecule has 106 valence electrons. The van der Waals surface area contributed by atoms with Crippen LogP contribution in [0, 0.1) is 6.92 Å². The quantitative estimate of drug-likeness (QED) is 0.804. The molecule has 0 saturated heterocycles. The molecule has 1 unspecified atom stereocenters. The highest BCUT2D eigenvalue weighted by Gasteiger charge is 2.30. The summed E-state index contributed by atoms with van der Waals surface area (Å²) in [5.41, 5.74) is 0.821. The first kappa shape index (κ1) is 14.7. The molecule has 20 heavy (non-hydrogen) atoms. The second kappa shape index (κ2) is 6.17. The van der Waals surface area contributed by atoms with Gasteiger partial charge in [-0.25, -0.2) is 0 Å². The Kier molecular flexibility index (Phi) is 4.54. The van der Waals surface area contributed by atoms with Gasteiger partial charge in [0.2, 0.25) is 0 Å². The molecule has 0 bridgehead atoms. The molecule has 1 atom stereocenters. The van der Waals surface area contributed by atoms with Gasteiger partial charge in [0.1, 0.15) is 11.7 Å². The van der Waals surface area contributed by atoms with Crippen molar-refractivity contribution in [3.05, 3.63) is 46.0 Å². The molecule has 0 saturated carbocycles. The third-order valence-electron chi connectivity index (χ3n) is 3.12. The molecule has 6 heteroatoms. The molecule has 1 aromatic carbocycles. The number of hydrogen-bond acceptors (Lipinski definition) is 4. The summed E-state index contributed by atoms with van der Waals surface area (Å²) in [6, 6.07) is 7.56. The fourth-order valence-electron chi connectivity index (χ4n) is 1.98. The number of benzene rings is 1. The maximum absolute atomic E-state index is 12.3. The van der Waals surface area contributed by atoms with Crippen LogP contribution in [0.4, 0.5) is 0 Å². The number of nitrogens with zero attached hydrogens (tertiary/aromatic N) is 3. The Bertz CT molecular complexity index is 625. The van der Waals surface area contributed by atoms with Gasteiger partial charge >= 0.3 is 5.97 Å². The number of aryl methyl sites for hydroxylation is 1. The van der Waals surface area contributed by atoms with Crippen LogP contribution >= 0.6 is 15.9 Å². The highest BCUT2D eigenvalue weighted by Crippen LogP contribution is 2.30. The summed E-state index contributed by atoms with van der Waals surface area (Å²) >= 11 is 3.48. The Labute approximate surface area is 126 Å². The summed E-state index contributed by atoms with van der Waals surface area (Å²) < 4.78 is 7.84. The molecule has 0 spiro atoms. The number of halogens is 1. The number of carbonyl (C=O) groups is 1. The van der Waals surface area contributed by atoms with Gasteiger partial charge in [0.15, 0.2) is 5.82 Å². The average molecular weight is 338 g/mol. The molecule has 0 radical (unpaired) electrons. The lowest BCUT2D eigenvalue weighted by Crippen LogP contribution is -2.21. The molecule has 0 aliphatic carbocycles. The lowest BCUT2D eigenvalue weighted by molar-refractivity contribution is -0.144. The zero-order chi connectivity index (χ0) is 14.7. The molecule has 0 aliphatic heterocycles. The van der Waals surface area contributed by atoms with E-state index in [4.69, 9.17) is 4.74 Å². The Morgan fingerprint density at radius 3 is 2.65 bits per heavy atom. The van der Waals surface area contributed by atoms with E-state index in [2.05, 4.69) is 26.1 Å². The minimum Gasteiger partial charge on any atom is -0.465 e. The molecule has 1 aromatic heterocycles. The van der Waals surface area contributed by atoms with Crippen molar-refractivity contribution in [3.8, 4) is 0 Å². The van der Waals surface area contributed by atoms with Crippen LogP contribution in [0.25, 0.3) is 0 Å². The van der Waals surface area contributed by atoms with Crippen LogP contribution in [0.2, 0.25) is 0 Å². The topological polar surface area (TPSA) is 57.0 Å². The van der Waals surface area contributed by atoms with Crippen LogP contribution in [-0.2, 0) is 16.6 Å². The SMILES string of the molecule is CCOC(=O)C(c1ccccc1Br)c1nnc(C)n1C. The summed E-state index contributed by atoms with van der Waals surface area (Å²) in [6.45, 7) is 3.96. The van der Waals surface area contributed by atoms with Crippen LogP contribution in [-0.4, -0.2) is 27.3 Å². The largest absolute Gasteiger partial charge is 0.465 e. The molecule has 2 aromatic rings. The molecule has 2 rings (SSSR count). The normalized spacial score (nSPS) is 12.2. The van der Waals surface area contributed by atoms with Crippen molar-refractivity contribution < 1.29 is 9.53 Å². The van der Waals surface area contributed by atoms with Crippen LogP contribution < -0.4 is 0 Å². The Balaban J connectivity index is 2.54. The Morgan fingerprint density at radius 1 is 1.40 bits per heavy atom. The Hall–Kier alpha value is -1.69. The summed E-state index contributed by atoms with van der Waals surface area (Å²) in [5, 5.41) is 8.15. The van der Waals surface area contributed by atoms with Gasteiger partial charge in [0, 0.05) is 11.5 Å². The molecule has 0 fully saturated rings. The van der Waals surface area contributed by atoms with Crippen molar-refractivity contribution in [2.24, 2.45) is 7.05 Å². The van der Waals surface area contributed by atoms with E-state index in [-0.39, 0.29) is 5.97 Å². The first-order valence-corrected chi connectivity index (χ1v) is 7.12. The standard InChI is InChI=1S/C14H16BrN3O2/c1-4-20-14(19)12(10-7-5-6-8-11(10)15)13-17-16-9(2)18(13)3/h5-8,12H,4H2,1-3H3. The third-order valence-corrected chi connectivity index (χ3v) is 3.85. The van der Waals surface area contributed by atoms with Gasteiger partial charge in [0.25, 0.3) is 0 Å².